The molecule has 0 heterocycles. The molecule has 2 aromatic rings. The lowest BCUT2D eigenvalue weighted by atomic mass is 10.0. The minimum atomic E-state index is -4.50. The van der Waals surface area contributed by atoms with E-state index >= 15 is 0 Å². The number of nitrogens with one attached hydrogen (secondary N) is 1. The van der Waals surface area contributed by atoms with E-state index in [4.69, 9.17) is 14.6 Å². The lowest BCUT2D eigenvalue weighted by molar-refractivity contribution is 0.00536. The first-order chi connectivity index (χ1) is 15.3. The number of hydrogen-bond acceptors (Lipinski definition) is 7. The summed E-state index contributed by atoms with van der Waals surface area (Å²) in [6, 6.07) is 9.59. The van der Waals surface area contributed by atoms with Gasteiger partial charge in [-0.15, -0.1) is 0 Å². The van der Waals surface area contributed by atoms with Gasteiger partial charge in [0, 0.05) is 19.1 Å². The molecular formula is C22H28N2O7S2. The highest BCUT2D eigenvalue weighted by Crippen LogP contribution is 2.44. The molecule has 0 atom stereocenters. The summed E-state index contributed by atoms with van der Waals surface area (Å²) in [5.74, 6) is -0.0547. The van der Waals surface area contributed by atoms with Gasteiger partial charge in [0.25, 0.3) is 15.9 Å². The third-order valence-corrected chi connectivity index (χ3v) is 7.97. The predicted octanol–water partition coefficient (Wildman–Crippen LogP) is 2.52. The Bertz CT molecular complexity index is 1250. The molecule has 1 saturated carbocycles. The molecule has 1 aliphatic rings. The minimum Gasteiger partial charge on any atom is -0.493 e. The van der Waals surface area contributed by atoms with E-state index in [0.29, 0.717) is 24.7 Å². The van der Waals surface area contributed by atoms with Crippen molar-refractivity contribution in [2.75, 3.05) is 13.7 Å². The number of primary sulfonamides is 1. The fourth-order valence-electron chi connectivity index (χ4n) is 3.18. The topological polar surface area (TPSA) is 142 Å². The first-order valence-corrected chi connectivity index (χ1v) is 13.4. The van der Waals surface area contributed by atoms with Crippen molar-refractivity contribution < 1.29 is 31.1 Å². The normalized spacial score (nSPS) is 14.7. The standard InChI is InChI=1S/C22H28N2O7S2/c1-22(2,30-3)12-13-31-18-14-16(10-11-17(18)15-8-9-15)21(25)24-33(28,29)20-7-5-4-6-19(20)32(23,26)27/h4-7,10-11,14-15H,8-9,12-13H2,1-3H3,(H,24,25)(H2,23,26,27). The second-order valence-electron chi connectivity index (χ2n) is 8.52. The van der Waals surface area contributed by atoms with Crippen LogP contribution in [0.2, 0.25) is 0 Å². The molecule has 1 amide bonds. The fourth-order valence-corrected chi connectivity index (χ4v) is 5.54. The maximum atomic E-state index is 12.8. The summed E-state index contributed by atoms with van der Waals surface area (Å²) in [4.78, 5) is 11.6. The lowest BCUT2D eigenvalue weighted by Crippen LogP contribution is -2.32. The lowest BCUT2D eigenvalue weighted by Gasteiger charge is -2.23. The van der Waals surface area contributed by atoms with Crippen LogP contribution in [0.4, 0.5) is 0 Å². The van der Waals surface area contributed by atoms with E-state index in [0.717, 1.165) is 30.5 Å². The summed E-state index contributed by atoms with van der Waals surface area (Å²) in [7, 11) is -7.20. The van der Waals surface area contributed by atoms with Gasteiger partial charge in [0.2, 0.25) is 10.0 Å². The van der Waals surface area contributed by atoms with Gasteiger partial charge in [-0.2, -0.15) is 0 Å². The van der Waals surface area contributed by atoms with Gasteiger partial charge < -0.3 is 9.47 Å². The Morgan fingerprint density at radius 2 is 1.73 bits per heavy atom. The molecule has 0 radical (unpaired) electrons. The number of ether oxygens (including phenoxy) is 2. The van der Waals surface area contributed by atoms with Crippen LogP contribution in [0.3, 0.4) is 0 Å². The maximum Gasteiger partial charge on any atom is 0.265 e. The van der Waals surface area contributed by atoms with Crippen LogP contribution >= 0.6 is 0 Å². The summed E-state index contributed by atoms with van der Waals surface area (Å²) in [6.07, 6.45) is 2.65. The van der Waals surface area contributed by atoms with Gasteiger partial charge in [-0.25, -0.2) is 26.7 Å². The average Bonchev–Trinajstić information content (AvgIpc) is 3.58. The van der Waals surface area contributed by atoms with E-state index in [9.17, 15) is 21.6 Å². The molecule has 2 aromatic carbocycles. The number of carbonyl (C=O) groups is 1. The van der Waals surface area contributed by atoms with E-state index in [1.165, 1.54) is 24.3 Å². The van der Waals surface area contributed by atoms with Crippen LogP contribution in [0.1, 0.15) is 54.9 Å². The van der Waals surface area contributed by atoms with Gasteiger partial charge in [-0.1, -0.05) is 18.2 Å². The Balaban J connectivity index is 1.84. The number of methoxy groups -OCH3 is 1. The number of hydrogen-bond donors (Lipinski definition) is 2. The molecule has 3 N–H and O–H groups in total. The van der Waals surface area contributed by atoms with E-state index in [1.54, 1.807) is 13.2 Å². The van der Waals surface area contributed by atoms with E-state index in [2.05, 4.69) is 0 Å². The van der Waals surface area contributed by atoms with Crippen LogP contribution in [0.15, 0.2) is 52.3 Å². The molecule has 1 fully saturated rings. The summed E-state index contributed by atoms with van der Waals surface area (Å²) in [5.41, 5.74) is 0.653. The highest BCUT2D eigenvalue weighted by Gasteiger charge is 2.29. The second kappa shape index (κ2) is 9.41. The van der Waals surface area contributed by atoms with Crippen LogP contribution in [-0.2, 0) is 24.8 Å². The molecular weight excluding hydrogens is 468 g/mol. The molecule has 0 unspecified atom stereocenters. The summed E-state index contributed by atoms with van der Waals surface area (Å²) in [5, 5.41) is 5.12. The van der Waals surface area contributed by atoms with Crippen LogP contribution in [0.25, 0.3) is 0 Å². The highest BCUT2D eigenvalue weighted by molar-refractivity contribution is 7.92. The molecule has 11 heteroatoms. The Hall–Kier alpha value is -2.47. The summed E-state index contributed by atoms with van der Waals surface area (Å²) < 4.78 is 62.4. The quantitative estimate of drug-likeness (QED) is 0.515. The number of benzene rings is 2. The molecule has 0 aromatic heterocycles. The largest absolute Gasteiger partial charge is 0.493 e. The molecule has 0 bridgehead atoms. The molecule has 9 nitrogen and oxygen atoms in total. The Kier molecular flexibility index (Phi) is 7.18. The van der Waals surface area contributed by atoms with Crippen molar-refractivity contribution in [3.8, 4) is 5.75 Å². The van der Waals surface area contributed by atoms with Crippen molar-refractivity contribution in [2.45, 2.75) is 54.4 Å². The van der Waals surface area contributed by atoms with Crippen molar-refractivity contribution >= 4 is 26.0 Å². The van der Waals surface area contributed by atoms with Gasteiger partial charge in [0.05, 0.1) is 12.2 Å². The van der Waals surface area contributed by atoms with Crippen LogP contribution < -0.4 is 14.6 Å². The highest BCUT2D eigenvalue weighted by atomic mass is 32.2. The SMILES string of the molecule is COC(C)(C)CCOc1cc(C(=O)NS(=O)(=O)c2ccccc2S(N)(=O)=O)ccc1C1CC1. The third kappa shape index (κ3) is 6.32. The molecule has 0 saturated heterocycles. The summed E-state index contributed by atoms with van der Waals surface area (Å²) >= 11 is 0. The number of rotatable bonds is 10. The number of amides is 1. The zero-order chi connectivity index (χ0) is 24.4. The van der Waals surface area contributed by atoms with Crippen LogP contribution in [0, 0.1) is 0 Å². The van der Waals surface area contributed by atoms with Gasteiger partial charge in [0.15, 0.2) is 0 Å². The van der Waals surface area contributed by atoms with Gasteiger partial charge in [-0.05, 0) is 62.4 Å². The Morgan fingerprint density at radius 1 is 1.09 bits per heavy atom. The fraction of sp³-hybridized carbons (Fsp3) is 0.409. The molecule has 1 aliphatic carbocycles. The molecule has 33 heavy (non-hydrogen) atoms. The Morgan fingerprint density at radius 3 is 2.30 bits per heavy atom. The first kappa shape index (κ1) is 25.2. The van der Waals surface area contributed by atoms with Crippen molar-refractivity contribution in [1.29, 1.82) is 0 Å². The smallest absolute Gasteiger partial charge is 0.265 e. The summed E-state index contributed by atoms with van der Waals surface area (Å²) in [6.45, 7) is 4.23. The molecule has 180 valence electrons. The zero-order valence-electron chi connectivity index (χ0n) is 18.7. The van der Waals surface area contributed by atoms with Crippen molar-refractivity contribution in [3.63, 3.8) is 0 Å². The van der Waals surface area contributed by atoms with E-state index in [1.807, 2.05) is 18.6 Å². The molecule has 0 aliphatic heterocycles. The van der Waals surface area contributed by atoms with E-state index < -0.39 is 35.7 Å². The Labute approximate surface area is 194 Å². The number of nitrogens with two attached hydrogens (primary N) is 1. The van der Waals surface area contributed by atoms with Crippen molar-refractivity contribution in [2.24, 2.45) is 5.14 Å². The van der Waals surface area contributed by atoms with Crippen molar-refractivity contribution in [3.05, 3.63) is 53.6 Å². The van der Waals surface area contributed by atoms with E-state index in [-0.39, 0.29) is 11.2 Å². The zero-order valence-corrected chi connectivity index (χ0v) is 20.3. The van der Waals surface area contributed by atoms with Gasteiger partial charge >= 0.3 is 0 Å². The van der Waals surface area contributed by atoms with Crippen LogP contribution in [0.5, 0.6) is 5.75 Å². The number of sulfonamides is 2. The van der Waals surface area contributed by atoms with Crippen molar-refractivity contribution in [1.82, 2.24) is 4.72 Å². The molecule has 3 rings (SSSR count). The van der Waals surface area contributed by atoms with Crippen LogP contribution in [-0.4, -0.2) is 42.1 Å². The minimum absolute atomic E-state index is 0.0667. The predicted molar refractivity (Wildman–Crippen MR) is 122 cm³/mol. The average molecular weight is 497 g/mol. The van der Waals surface area contributed by atoms with Gasteiger partial charge in [-0.3, -0.25) is 4.79 Å². The number of carbonyl (C=O) groups excluding carboxylic acids is 1. The third-order valence-electron chi connectivity index (χ3n) is 5.48. The monoisotopic (exact) mass is 496 g/mol. The van der Waals surface area contributed by atoms with Gasteiger partial charge in [0.1, 0.15) is 15.5 Å². The maximum absolute atomic E-state index is 12.8. The molecule has 0 spiro atoms. The first-order valence-electron chi connectivity index (χ1n) is 10.3. The second-order valence-corrected chi connectivity index (χ2v) is 11.7.